The van der Waals surface area contributed by atoms with Crippen molar-refractivity contribution >= 4 is 18.3 Å². The summed E-state index contributed by atoms with van der Waals surface area (Å²) in [6.45, 7) is 8.39. The number of carbonyl (C=O) groups excluding carboxylic acids is 1. The van der Waals surface area contributed by atoms with Gasteiger partial charge in [-0.25, -0.2) is 0 Å². The van der Waals surface area contributed by atoms with Crippen LogP contribution in [-0.2, 0) is 7.05 Å². The lowest BCUT2D eigenvalue weighted by Crippen LogP contribution is -2.52. The number of piperazine rings is 1. The number of aryl methyl sites for hydroxylation is 2. The average Bonchev–Trinajstić information content (AvgIpc) is 3.05. The van der Waals surface area contributed by atoms with Gasteiger partial charge in [0.25, 0.3) is 5.91 Å². The van der Waals surface area contributed by atoms with E-state index in [1.165, 1.54) is 0 Å². The topological polar surface area (TPSA) is 78.8 Å². The number of carbonyl (C=O) groups is 1. The second kappa shape index (κ2) is 6.72. The molecule has 1 atom stereocenters. The summed E-state index contributed by atoms with van der Waals surface area (Å²) in [5.41, 5.74) is 4.26. The Morgan fingerprint density at radius 2 is 2.13 bits per heavy atom. The predicted octanol–water partition coefficient (Wildman–Crippen LogP) is 1.28. The molecule has 3 heterocycles. The Balaban J connectivity index is 0.00000192. The molecule has 7 nitrogen and oxygen atoms in total. The summed E-state index contributed by atoms with van der Waals surface area (Å²) in [6.07, 6.45) is 0. The normalized spacial score (nSPS) is 17.9. The fourth-order valence-electron chi connectivity index (χ4n) is 3.00. The lowest BCUT2D eigenvalue weighted by atomic mass is 10.1. The van der Waals surface area contributed by atoms with Crippen LogP contribution in [0.3, 0.4) is 0 Å². The molecule has 1 aliphatic rings. The molecular weight excluding hydrogens is 316 g/mol. The lowest BCUT2D eigenvalue weighted by molar-refractivity contribution is 0.0649. The second-order valence-corrected chi connectivity index (χ2v) is 5.89. The van der Waals surface area contributed by atoms with Gasteiger partial charge in [-0.2, -0.15) is 10.2 Å². The maximum absolute atomic E-state index is 12.6. The Bertz CT molecular complexity index is 707. The van der Waals surface area contributed by atoms with Crippen LogP contribution in [0.15, 0.2) is 6.07 Å². The lowest BCUT2D eigenvalue weighted by Gasteiger charge is -2.33. The van der Waals surface area contributed by atoms with E-state index in [1.54, 1.807) is 0 Å². The van der Waals surface area contributed by atoms with Gasteiger partial charge in [-0.05, 0) is 26.8 Å². The zero-order chi connectivity index (χ0) is 15.9. The van der Waals surface area contributed by atoms with Crippen molar-refractivity contribution in [2.24, 2.45) is 7.05 Å². The minimum absolute atomic E-state index is 0. The molecule has 0 radical (unpaired) electrons. The third-order valence-electron chi connectivity index (χ3n) is 4.34. The molecular formula is C15H23ClN6O. The van der Waals surface area contributed by atoms with E-state index in [1.807, 2.05) is 36.5 Å². The summed E-state index contributed by atoms with van der Waals surface area (Å²) < 4.78 is 1.83. The minimum atomic E-state index is 0. The molecule has 2 aromatic heterocycles. The van der Waals surface area contributed by atoms with E-state index in [-0.39, 0.29) is 24.4 Å². The van der Waals surface area contributed by atoms with E-state index in [0.29, 0.717) is 5.69 Å². The SMILES string of the molecule is Cc1nn(C)c(C)c1-c1cc(C(=O)N2CCNCC2C)[nH]n1.Cl. The molecule has 1 amide bonds. The minimum Gasteiger partial charge on any atom is -0.332 e. The van der Waals surface area contributed by atoms with Gasteiger partial charge < -0.3 is 10.2 Å². The summed E-state index contributed by atoms with van der Waals surface area (Å²) in [5.74, 6) is 0.00643. The standard InChI is InChI=1S/C15H22N6O.ClH/c1-9-8-16-5-6-21(9)15(22)13-7-12(17-18-13)14-10(2)19-20(4)11(14)3;/h7,9,16H,5-6,8H2,1-4H3,(H,17,18);1H. The van der Waals surface area contributed by atoms with Crippen LogP contribution < -0.4 is 5.32 Å². The van der Waals surface area contributed by atoms with Crippen molar-refractivity contribution in [3.8, 4) is 11.3 Å². The number of H-pyrrole nitrogens is 1. The van der Waals surface area contributed by atoms with Crippen molar-refractivity contribution in [1.82, 2.24) is 30.2 Å². The Morgan fingerprint density at radius 1 is 1.39 bits per heavy atom. The van der Waals surface area contributed by atoms with Gasteiger partial charge in [0.15, 0.2) is 0 Å². The van der Waals surface area contributed by atoms with Crippen molar-refractivity contribution in [3.63, 3.8) is 0 Å². The second-order valence-electron chi connectivity index (χ2n) is 5.89. The average molecular weight is 339 g/mol. The van der Waals surface area contributed by atoms with Crippen LogP contribution in [0.4, 0.5) is 0 Å². The zero-order valence-electron chi connectivity index (χ0n) is 13.9. The van der Waals surface area contributed by atoms with Crippen LogP contribution in [-0.4, -0.2) is 56.5 Å². The monoisotopic (exact) mass is 338 g/mol. The summed E-state index contributed by atoms with van der Waals surface area (Å²) in [5, 5.41) is 14.9. The van der Waals surface area contributed by atoms with Gasteiger partial charge in [0.1, 0.15) is 5.69 Å². The first-order valence-electron chi connectivity index (χ1n) is 7.56. The molecule has 1 aliphatic heterocycles. The number of nitrogens with one attached hydrogen (secondary N) is 2. The van der Waals surface area contributed by atoms with Crippen molar-refractivity contribution < 1.29 is 4.79 Å². The number of hydrogen-bond acceptors (Lipinski definition) is 4. The molecule has 8 heteroatoms. The highest BCUT2D eigenvalue weighted by Crippen LogP contribution is 2.25. The van der Waals surface area contributed by atoms with Crippen molar-refractivity contribution in [1.29, 1.82) is 0 Å². The fourth-order valence-corrected chi connectivity index (χ4v) is 3.00. The molecule has 1 saturated heterocycles. The van der Waals surface area contributed by atoms with E-state index >= 15 is 0 Å². The molecule has 3 rings (SSSR count). The molecule has 23 heavy (non-hydrogen) atoms. The Kier molecular flexibility index (Phi) is 5.11. The maximum atomic E-state index is 12.6. The number of hydrogen-bond donors (Lipinski definition) is 2. The molecule has 0 saturated carbocycles. The van der Waals surface area contributed by atoms with Crippen LogP contribution >= 0.6 is 12.4 Å². The molecule has 2 N–H and O–H groups in total. The molecule has 0 bridgehead atoms. The Hall–Kier alpha value is -1.86. The third kappa shape index (κ3) is 3.11. The molecule has 0 spiro atoms. The summed E-state index contributed by atoms with van der Waals surface area (Å²) in [7, 11) is 1.91. The highest BCUT2D eigenvalue weighted by molar-refractivity contribution is 5.93. The van der Waals surface area contributed by atoms with E-state index in [2.05, 4.69) is 27.5 Å². The van der Waals surface area contributed by atoms with Crippen LogP contribution in [0.2, 0.25) is 0 Å². The molecule has 2 aromatic rings. The largest absolute Gasteiger partial charge is 0.332 e. The van der Waals surface area contributed by atoms with E-state index in [9.17, 15) is 4.79 Å². The predicted molar refractivity (Wildman–Crippen MR) is 90.9 cm³/mol. The van der Waals surface area contributed by atoms with Crippen LogP contribution in [0.25, 0.3) is 11.3 Å². The van der Waals surface area contributed by atoms with E-state index in [4.69, 9.17) is 0 Å². The number of nitrogens with zero attached hydrogens (tertiary/aromatic N) is 4. The first-order valence-corrected chi connectivity index (χ1v) is 7.56. The number of aromatic amines is 1. The molecule has 126 valence electrons. The van der Waals surface area contributed by atoms with Gasteiger partial charge in [-0.15, -0.1) is 12.4 Å². The maximum Gasteiger partial charge on any atom is 0.272 e. The van der Waals surface area contributed by atoms with Gasteiger partial charge in [0, 0.05) is 44.0 Å². The van der Waals surface area contributed by atoms with Crippen molar-refractivity contribution in [2.75, 3.05) is 19.6 Å². The van der Waals surface area contributed by atoms with Gasteiger partial charge in [0.05, 0.1) is 11.4 Å². The van der Waals surface area contributed by atoms with Gasteiger partial charge in [-0.1, -0.05) is 0 Å². The van der Waals surface area contributed by atoms with Gasteiger partial charge >= 0.3 is 0 Å². The van der Waals surface area contributed by atoms with Crippen LogP contribution in [0.1, 0.15) is 28.8 Å². The number of rotatable bonds is 2. The van der Waals surface area contributed by atoms with Crippen LogP contribution in [0.5, 0.6) is 0 Å². The fraction of sp³-hybridized carbons (Fsp3) is 0.533. The Labute approximate surface area is 141 Å². The molecule has 0 aromatic carbocycles. The van der Waals surface area contributed by atoms with Gasteiger partial charge in [-0.3, -0.25) is 14.6 Å². The van der Waals surface area contributed by atoms with Crippen molar-refractivity contribution in [2.45, 2.75) is 26.8 Å². The Morgan fingerprint density at radius 3 is 2.74 bits per heavy atom. The molecule has 1 unspecified atom stereocenters. The number of halogens is 1. The smallest absolute Gasteiger partial charge is 0.272 e. The highest BCUT2D eigenvalue weighted by atomic mass is 35.5. The van der Waals surface area contributed by atoms with Crippen molar-refractivity contribution in [3.05, 3.63) is 23.1 Å². The number of amides is 1. The number of aromatic nitrogens is 4. The molecule has 0 aliphatic carbocycles. The molecule has 1 fully saturated rings. The first-order chi connectivity index (χ1) is 10.5. The summed E-state index contributed by atoms with van der Waals surface area (Å²) in [4.78, 5) is 14.5. The third-order valence-corrected chi connectivity index (χ3v) is 4.34. The summed E-state index contributed by atoms with van der Waals surface area (Å²) >= 11 is 0. The van der Waals surface area contributed by atoms with Crippen LogP contribution in [0, 0.1) is 13.8 Å². The van der Waals surface area contributed by atoms with E-state index < -0.39 is 0 Å². The zero-order valence-corrected chi connectivity index (χ0v) is 14.7. The first kappa shape index (κ1) is 17.5. The highest BCUT2D eigenvalue weighted by Gasteiger charge is 2.26. The van der Waals surface area contributed by atoms with E-state index in [0.717, 1.165) is 42.3 Å². The van der Waals surface area contributed by atoms with Gasteiger partial charge in [0.2, 0.25) is 0 Å². The quantitative estimate of drug-likeness (QED) is 0.864. The summed E-state index contributed by atoms with van der Waals surface area (Å²) in [6, 6.07) is 2.02.